The molecule has 1 N–H and O–H groups in total. The van der Waals surface area contributed by atoms with Gasteiger partial charge in [-0.15, -0.1) is 0 Å². The Kier molecular flexibility index (Phi) is 9.34. The summed E-state index contributed by atoms with van der Waals surface area (Å²) < 4.78 is 28.7. The van der Waals surface area contributed by atoms with Crippen molar-refractivity contribution in [2.75, 3.05) is 17.4 Å². The molecule has 0 saturated heterocycles. The van der Waals surface area contributed by atoms with Gasteiger partial charge in [0.1, 0.15) is 12.6 Å². The van der Waals surface area contributed by atoms with Gasteiger partial charge in [0.05, 0.1) is 10.6 Å². The van der Waals surface area contributed by atoms with Gasteiger partial charge in [-0.2, -0.15) is 0 Å². The lowest BCUT2D eigenvalue weighted by Gasteiger charge is -2.32. The van der Waals surface area contributed by atoms with Gasteiger partial charge >= 0.3 is 0 Å². The minimum Gasteiger partial charge on any atom is -0.355 e. The molecule has 3 aromatic carbocycles. The first kappa shape index (κ1) is 28.2. The van der Waals surface area contributed by atoms with E-state index in [9.17, 15) is 18.0 Å². The Hall–Kier alpha value is -3.36. The predicted octanol–water partition coefficient (Wildman–Crippen LogP) is 4.71. The van der Waals surface area contributed by atoms with Crippen LogP contribution in [0, 0.1) is 13.8 Å². The first-order valence-electron chi connectivity index (χ1n) is 12.0. The number of likely N-dealkylation sites (N-methyl/N-ethyl adjacent to an activating group) is 1. The third-order valence-corrected chi connectivity index (χ3v) is 8.21. The molecule has 9 heteroatoms. The summed E-state index contributed by atoms with van der Waals surface area (Å²) in [5.41, 5.74) is 2.91. The van der Waals surface area contributed by atoms with Crippen molar-refractivity contribution in [1.29, 1.82) is 0 Å². The van der Waals surface area contributed by atoms with Crippen molar-refractivity contribution >= 4 is 39.1 Å². The molecule has 2 amide bonds. The summed E-state index contributed by atoms with van der Waals surface area (Å²) in [5, 5.41) is 3.16. The van der Waals surface area contributed by atoms with Gasteiger partial charge in [-0.05, 0) is 74.7 Å². The average Bonchev–Trinajstić information content (AvgIpc) is 2.87. The van der Waals surface area contributed by atoms with Crippen molar-refractivity contribution in [2.45, 2.75) is 45.2 Å². The number of aryl methyl sites for hydroxylation is 2. The topological polar surface area (TPSA) is 86.8 Å². The summed E-state index contributed by atoms with van der Waals surface area (Å²) in [5.74, 6) is -0.810. The van der Waals surface area contributed by atoms with E-state index in [4.69, 9.17) is 11.6 Å². The maximum atomic E-state index is 13.9. The molecule has 0 aliphatic heterocycles. The molecule has 0 heterocycles. The van der Waals surface area contributed by atoms with Crippen molar-refractivity contribution in [1.82, 2.24) is 10.2 Å². The van der Waals surface area contributed by atoms with Crippen molar-refractivity contribution in [3.63, 3.8) is 0 Å². The molecule has 0 saturated carbocycles. The summed E-state index contributed by atoms with van der Waals surface area (Å²) in [6.45, 7) is 7.25. The minimum atomic E-state index is -4.13. The van der Waals surface area contributed by atoms with Crippen LogP contribution in [0.15, 0.2) is 77.7 Å². The first-order chi connectivity index (χ1) is 17.6. The number of amides is 2. The van der Waals surface area contributed by atoms with E-state index >= 15 is 0 Å². The number of hydrogen-bond acceptors (Lipinski definition) is 4. The van der Waals surface area contributed by atoms with E-state index in [1.54, 1.807) is 45.0 Å². The number of rotatable bonds is 10. The van der Waals surface area contributed by atoms with Gasteiger partial charge in [0.2, 0.25) is 11.8 Å². The quantitative estimate of drug-likeness (QED) is 0.403. The SMILES string of the molecule is CCNC(=O)C(C)N(Cc1ccccc1C)C(=O)CN(c1ccccc1C)S(=O)(=O)c1ccc(Cl)cc1. The number of sulfonamides is 1. The molecule has 1 atom stereocenters. The second-order valence-corrected chi connectivity index (χ2v) is 11.1. The van der Waals surface area contributed by atoms with E-state index in [1.807, 2.05) is 31.2 Å². The van der Waals surface area contributed by atoms with Crippen LogP contribution in [0.2, 0.25) is 5.02 Å². The molecular weight excluding hydrogens is 510 g/mol. The largest absolute Gasteiger partial charge is 0.355 e. The number of para-hydroxylation sites is 1. The van der Waals surface area contributed by atoms with Crippen molar-refractivity contribution < 1.29 is 18.0 Å². The highest BCUT2D eigenvalue weighted by Gasteiger charge is 2.33. The number of benzene rings is 3. The highest BCUT2D eigenvalue weighted by molar-refractivity contribution is 7.92. The summed E-state index contributed by atoms with van der Waals surface area (Å²) in [4.78, 5) is 28.1. The van der Waals surface area contributed by atoms with Gasteiger partial charge in [0.15, 0.2) is 0 Å². The number of anilines is 1. The van der Waals surface area contributed by atoms with Crippen molar-refractivity contribution in [3.05, 3.63) is 94.5 Å². The van der Waals surface area contributed by atoms with Crippen LogP contribution < -0.4 is 9.62 Å². The third-order valence-electron chi connectivity index (χ3n) is 6.18. The smallest absolute Gasteiger partial charge is 0.264 e. The molecule has 1 unspecified atom stereocenters. The van der Waals surface area contributed by atoms with Crippen LogP contribution in [0.3, 0.4) is 0 Å². The Balaban J connectivity index is 2.05. The van der Waals surface area contributed by atoms with E-state index in [2.05, 4.69) is 5.32 Å². The van der Waals surface area contributed by atoms with Crippen LogP contribution in [-0.4, -0.2) is 44.3 Å². The lowest BCUT2D eigenvalue weighted by atomic mass is 10.1. The minimum absolute atomic E-state index is 0.00943. The molecule has 0 aliphatic rings. The number of carbonyl (C=O) groups excluding carboxylic acids is 2. The lowest BCUT2D eigenvalue weighted by Crippen LogP contribution is -2.51. The van der Waals surface area contributed by atoms with Crippen LogP contribution >= 0.6 is 11.6 Å². The Bertz CT molecular complexity index is 1360. The zero-order valence-corrected chi connectivity index (χ0v) is 23.0. The molecule has 37 heavy (non-hydrogen) atoms. The standard InChI is InChI=1S/C28H32ClN3O4S/c1-5-30-28(34)22(4)31(18-23-12-8-6-10-20(23)2)27(33)19-32(26-13-9-7-11-21(26)3)37(35,36)25-16-14-24(29)15-17-25/h6-17,22H,5,18-19H2,1-4H3,(H,30,34). The fourth-order valence-corrected chi connectivity index (χ4v) is 5.57. The molecule has 0 aliphatic carbocycles. The number of nitrogens with zero attached hydrogens (tertiary/aromatic N) is 2. The number of carbonyl (C=O) groups is 2. The highest BCUT2D eigenvalue weighted by Crippen LogP contribution is 2.28. The van der Waals surface area contributed by atoms with Gasteiger partial charge in [-0.25, -0.2) is 8.42 Å². The monoisotopic (exact) mass is 541 g/mol. The van der Waals surface area contributed by atoms with Crippen LogP contribution in [0.5, 0.6) is 0 Å². The van der Waals surface area contributed by atoms with Crippen LogP contribution in [0.4, 0.5) is 5.69 Å². The number of nitrogens with one attached hydrogen (secondary N) is 1. The Morgan fingerprint density at radius 3 is 2.11 bits per heavy atom. The van der Waals surface area contributed by atoms with E-state index in [0.717, 1.165) is 15.4 Å². The van der Waals surface area contributed by atoms with E-state index in [0.29, 0.717) is 22.8 Å². The van der Waals surface area contributed by atoms with E-state index in [-0.39, 0.29) is 17.3 Å². The van der Waals surface area contributed by atoms with Crippen LogP contribution in [-0.2, 0) is 26.2 Å². The van der Waals surface area contributed by atoms with E-state index in [1.165, 1.54) is 29.2 Å². The molecule has 0 fully saturated rings. The summed E-state index contributed by atoms with van der Waals surface area (Å²) >= 11 is 5.98. The van der Waals surface area contributed by atoms with Crippen LogP contribution in [0.25, 0.3) is 0 Å². The number of halogens is 1. The van der Waals surface area contributed by atoms with Crippen molar-refractivity contribution in [2.24, 2.45) is 0 Å². The Labute approximate surface area is 224 Å². The zero-order chi connectivity index (χ0) is 27.2. The Morgan fingerprint density at radius 1 is 0.919 bits per heavy atom. The molecule has 0 bridgehead atoms. The van der Waals surface area contributed by atoms with Gasteiger partial charge in [0, 0.05) is 18.1 Å². The molecule has 0 aromatic heterocycles. The molecule has 7 nitrogen and oxygen atoms in total. The molecule has 3 aromatic rings. The van der Waals surface area contributed by atoms with Gasteiger partial charge in [-0.3, -0.25) is 13.9 Å². The molecule has 196 valence electrons. The van der Waals surface area contributed by atoms with Gasteiger partial charge in [-0.1, -0.05) is 54.1 Å². The summed E-state index contributed by atoms with van der Waals surface area (Å²) in [6, 6.07) is 19.6. The average molecular weight is 542 g/mol. The van der Waals surface area contributed by atoms with Gasteiger partial charge in [0.25, 0.3) is 10.0 Å². The van der Waals surface area contributed by atoms with Crippen LogP contribution in [0.1, 0.15) is 30.5 Å². The Morgan fingerprint density at radius 2 is 1.51 bits per heavy atom. The molecule has 3 rings (SSSR count). The fraction of sp³-hybridized carbons (Fsp3) is 0.286. The zero-order valence-electron chi connectivity index (χ0n) is 21.4. The maximum absolute atomic E-state index is 13.9. The first-order valence-corrected chi connectivity index (χ1v) is 13.8. The summed E-state index contributed by atoms with van der Waals surface area (Å²) in [7, 11) is -4.13. The number of hydrogen-bond donors (Lipinski definition) is 1. The summed E-state index contributed by atoms with van der Waals surface area (Å²) in [6.07, 6.45) is 0. The molecule has 0 spiro atoms. The van der Waals surface area contributed by atoms with E-state index < -0.39 is 28.5 Å². The lowest BCUT2D eigenvalue weighted by molar-refractivity contribution is -0.139. The third kappa shape index (κ3) is 6.70. The normalized spacial score (nSPS) is 12.0. The molecular formula is C28H32ClN3O4S. The maximum Gasteiger partial charge on any atom is 0.264 e. The highest BCUT2D eigenvalue weighted by atomic mass is 35.5. The second kappa shape index (κ2) is 12.3. The van der Waals surface area contributed by atoms with Crippen molar-refractivity contribution in [3.8, 4) is 0 Å². The molecule has 0 radical (unpaired) electrons. The fourth-order valence-electron chi connectivity index (χ4n) is 3.97. The predicted molar refractivity (Wildman–Crippen MR) is 147 cm³/mol. The second-order valence-electron chi connectivity index (χ2n) is 8.77. The van der Waals surface area contributed by atoms with Gasteiger partial charge < -0.3 is 10.2 Å².